The molecule has 1 amide bonds. The molecule has 4 nitrogen and oxygen atoms in total. The van der Waals surface area contributed by atoms with E-state index in [9.17, 15) is 4.79 Å². The van der Waals surface area contributed by atoms with Gasteiger partial charge in [0.25, 0.3) is 0 Å². The zero-order valence-corrected chi connectivity index (χ0v) is 11.1. The number of benzene rings is 1. The Balaban J connectivity index is 1.53. The molecule has 0 radical (unpaired) electrons. The lowest BCUT2D eigenvalue weighted by Crippen LogP contribution is -2.27. The third-order valence-electron chi connectivity index (χ3n) is 3.42. The average Bonchev–Trinajstić information content (AvgIpc) is 3.09. The molecule has 0 bridgehead atoms. The summed E-state index contributed by atoms with van der Waals surface area (Å²) in [7, 11) is 0. The van der Waals surface area contributed by atoms with Crippen molar-refractivity contribution in [3.8, 4) is 0 Å². The van der Waals surface area contributed by atoms with Crippen molar-refractivity contribution in [3.05, 3.63) is 60.0 Å². The normalized spacial score (nSPS) is 10.8. The Morgan fingerprint density at radius 2 is 2.05 bits per heavy atom. The van der Waals surface area contributed by atoms with Crippen molar-refractivity contribution in [2.75, 3.05) is 6.54 Å². The highest BCUT2D eigenvalue weighted by atomic mass is 16.1. The van der Waals surface area contributed by atoms with Crippen molar-refractivity contribution in [2.24, 2.45) is 0 Å². The molecule has 0 unspecified atom stereocenters. The highest BCUT2D eigenvalue weighted by Crippen LogP contribution is 2.17. The second-order valence-electron chi connectivity index (χ2n) is 4.86. The van der Waals surface area contributed by atoms with Crippen molar-refractivity contribution >= 4 is 16.8 Å². The molecule has 4 heteroatoms. The van der Waals surface area contributed by atoms with E-state index in [0.29, 0.717) is 13.0 Å². The van der Waals surface area contributed by atoms with Crippen LogP contribution in [0.3, 0.4) is 0 Å². The van der Waals surface area contributed by atoms with Crippen LogP contribution in [0.15, 0.2) is 48.9 Å². The Bertz CT molecular complexity index is 697. The summed E-state index contributed by atoms with van der Waals surface area (Å²) in [6.45, 7) is 0.658. The highest BCUT2D eigenvalue weighted by Gasteiger charge is 2.05. The van der Waals surface area contributed by atoms with Gasteiger partial charge in [0.2, 0.25) is 5.91 Å². The third kappa shape index (κ3) is 2.74. The molecule has 3 aromatic rings. The van der Waals surface area contributed by atoms with E-state index in [1.807, 2.05) is 36.8 Å². The monoisotopic (exact) mass is 267 g/mol. The zero-order chi connectivity index (χ0) is 13.8. The second kappa shape index (κ2) is 5.65. The Morgan fingerprint density at radius 1 is 1.15 bits per heavy atom. The number of aromatic amines is 2. The van der Waals surface area contributed by atoms with E-state index < -0.39 is 0 Å². The number of carbonyl (C=O) groups excluding carboxylic acids is 1. The van der Waals surface area contributed by atoms with E-state index in [1.165, 1.54) is 10.9 Å². The first-order valence-electron chi connectivity index (χ1n) is 6.76. The Morgan fingerprint density at radius 3 is 2.90 bits per heavy atom. The molecule has 2 heterocycles. The average molecular weight is 267 g/mol. The molecule has 0 saturated carbocycles. The predicted molar refractivity (Wildman–Crippen MR) is 79.5 cm³/mol. The first kappa shape index (κ1) is 12.5. The molecule has 1 aromatic carbocycles. The Hall–Kier alpha value is -2.49. The van der Waals surface area contributed by atoms with Gasteiger partial charge in [-0.3, -0.25) is 4.79 Å². The largest absolute Gasteiger partial charge is 0.367 e. The van der Waals surface area contributed by atoms with E-state index >= 15 is 0 Å². The molecule has 0 atom stereocenters. The quantitative estimate of drug-likeness (QED) is 0.653. The van der Waals surface area contributed by atoms with Crippen LogP contribution in [0, 0.1) is 0 Å². The summed E-state index contributed by atoms with van der Waals surface area (Å²) in [5, 5.41) is 4.19. The molecule has 0 aliphatic heterocycles. The first-order chi connectivity index (χ1) is 9.83. The van der Waals surface area contributed by atoms with Gasteiger partial charge >= 0.3 is 0 Å². The van der Waals surface area contributed by atoms with E-state index in [2.05, 4.69) is 27.4 Å². The second-order valence-corrected chi connectivity index (χ2v) is 4.86. The van der Waals surface area contributed by atoms with Crippen molar-refractivity contribution < 1.29 is 4.79 Å². The van der Waals surface area contributed by atoms with Crippen LogP contribution in [0.2, 0.25) is 0 Å². The van der Waals surface area contributed by atoms with Gasteiger partial charge in [-0.1, -0.05) is 18.2 Å². The lowest BCUT2D eigenvalue weighted by molar-refractivity contribution is -0.120. The van der Waals surface area contributed by atoms with Gasteiger partial charge < -0.3 is 15.3 Å². The maximum Gasteiger partial charge on any atom is 0.224 e. The van der Waals surface area contributed by atoms with Gasteiger partial charge in [-0.15, -0.1) is 0 Å². The van der Waals surface area contributed by atoms with Crippen LogP contribution in [-0.2, 0) is 17.6 Å². The Kier molecular flexibility index (Phi) is 3.54. The van der Waals surface area contributed by atoms with Crippen molar-refractivity contribution in [2.45, 2.75) is 12.8 Å². The lowest BCUT2D eigenvalue weighted by Gasteiger charge is -2.04. The molecule has 0 aliphatic carbocycles. The number of rotatable bonds is 5. The fraction of sp³-hybridized carbons (Fsp3) is 0.188. The number of nitrogens with one attached hydrogen (secondary N) is 3. The fourth-order valence-electron chi connectivity index (χ4n) is 2.39. The number of carbonyl (C=O) groups is 1. The lowest BCUT2D eigenvalue weighted by atomic mass is 10.1. The summed E-state index contributed by atoms with van der Waals surface area (Å²) in [5.74, 6) is 0.0597. The van der Waals surface area contributed by atoms with E-state index in [1.54, 1.807) is 0 Å². The minimum absolute atomic E-state index is 0.0597. The summed E-state index contributed by atoms with van der Waals surface area (Å²) in [6.07, 6.45) is 6.96. The molecule has 0 saturated heterocycles. The van der Waals surface area contributed by atoms with E-state index in [0.717, 1.165) is 17.5 Å². The smallest absolute Gasteiger partial charge is 0.224 e. The molecule has 3 rings (SSSR count). The maximum absolute atomic E-state index is 11.8. The van der Waals surface area contributed by atoms with Crippen LogP contribution in [0.25, 0.3) is 10.9 Å². The number of aromatic nitrogens is 2. The van der Waals surface area contributed by atoms with E-state index in [4.69, 9.17) is 0 Å². The molecule has 0 aliphatic rings. The summed E-state index contributed by atoms with van der Waals surface area (Å²) in [4.78, 5) is 18.0. The van der Waals surface area contributed by atoms with Crippen LogP contribution in [0.5, 0.6) is 0 Å². The molecule has 20 heavy (non-hydrogen) atoms. The number of para-hydroxylation sites is 1. The molecule has 102 valence electrons. The molecule has 0 spiro atoms. The van der Waals surface area contributed by atoms with Gasteiger partial charge in [-0.05, 0) is 29.7 Å². The number of fused-ring (bicyclic) bond motifs is 1. The van der Waals surface area contributed by atoms with Crippen LogP contribution in [0.4, 0.5) is 0 Å². The Labute approximate surface area is 117 Å². The SMILES string of the molecule is O=C(Cc1cc[nH]c1)NCCc1c[nH]c2ccccc12. The van der Waals surface area contributed by atoms with Gasteiger partial charge in [-0.2, -0.15) is 0 Å². The van der Waals surface area contributed by atoms with Gasteiger partial charge in [0.15, 0.2) is 0 Å². The molecule has 3 N–H and O–H groups in total. The molecular formula is C16H17N3O. The van der Waals surface area contributed by atoms with E-state index in [-0.39, 0.29) is 5.91 Å². The summed E-state index contributed by atoms with van der Waals surface area (Å²) >= 11 is 0. The van der Waals surface area contributed by atoms with Gasteiger partial charge in [0.05, 0.1) is 6.42 Å². The summed E-state index contributed by atoms with van der Waals surface area (Å²) in [6, 6.07) is 10.1. The zero-order valence-electron chi connectivity index (χ0n) is 11.1. The van der Waals surface area contributed by atoms with Crippen molar-refractivity contribution in [1.82, 2.24) is 15.3 Å². The van der Waals surface area contributed by atoms with Gasteiger partial charge in [0.1, 0.15) is 0 Å². The number of hydrogen-bond acceptors (Lipinski definition) is 1. The van der Waals surface area contributed by atoms with Crippen LogP contribution in [-0.4, -0.2) is 22.4 Å². The van der Waals surface area contributed by atoms with Crippen LogP contribution in [0.1, 0.15) is 11.1 Å². The first-order valence-corrected chi connectivity index (χ1v) is 6.76. The molecule has 0 fully saturated rings. The summed E-state index contributed by atoms with van der Waals surface area (Å²) < 4.78 is 0. The molecule has 2 aromatic heterocycles. The van der Waals surface area contributed by atoms with Gasteiger partial charge in [0, 0.05) is 36.0 Å². The van der Waals surface area contributed by atoms with Gasteiger partial charge in [-0.25, -0.2) is 0 Å². The predicted octanol–water partition coefficient (Wildman–Crippen LogP) is 2.40. The number of amides is 1. The summed E-state index contributed by atoms with van der Waals surface area (Å²) in [5.41, 5.74) is 3.39. The standard InChI is InChI=1S/C16H17N3O/c20-16(9-12-5-7-17-10-12)18-8-6-13-11-19-15-4-2-1-3-14(13)15/h1-5,7,10-11,17,19H,6,8-9H2,(H,18,20). The fourth-order valence-corrected chi connectivity index (χ4v) is 2.39. The topological polar surface area (TPSA) is 60.7 Å². The number of hydrogen-bond donors (Lipinski definition) is 3. The van der Waals surface area contributed by atoms with Crippen LogP contribution >= 0.6 is 0 Å². The molecular weight excluding hydrogens is 250 g/mol. The minimum Gasteiger partial charge on any atom is -0.367 e. The number of H-pyrrole nitrogens is 2. The highest BCUT2D eigenvalue weighted by molar-refractivity contribution is 5.83. The maximum atomic E-state index is 11.8. The minimum atomic E-state index is 0.0597. The third-order valence-corrected chi connectivity index (χ3v) is 3.42. The van der Waals surface area contributed by atoms with Crippen molar-refractivity contribution in [3.63, 3.8) is 0 Å². The van der Waals surface area contributed by atoms with Crippen molar-refractivity contribution in [1.29, 1.82) is 0 Å². The van der Waals surface area contributed by atoms with Crippen LogP contribution < -0.4 is 5.32 Å².